The normalized spacial score (nSPS) is 33.1. The first-order valence-corrected chi connectivity index (χ1v) is 7.25. The van der Waals surface area contributed by atoms with Gasteiger partial charge in [-0.2, -0.15) is 0 Å². The highest BCUT2D eigenvalue weighted by atomic mass is 16.6. The second kappa shape index (κ2) is 5.16. The van der Waals surface area contributed by atoms with Crippen LogP contribution in [0.3, 0.4) is 0 Å². The lowest BCUT2D eigenvalue weighted by Gasteiger charge is -2.40. The van der Waals surface area contributed by atoms with Crippen LogP contribution in [-0.4, -0.2) is 23.8 Å². The first-order chi connectivity index (χ1) is 8.84. The minimum Gasteiger partial charge on any atom is -0.352 e. The zero-order valence-corrected chi connectivity index (χ0v) is 12.7. The molecule has 1 aliphatic heterocycles. The third-order valence-electron chi connectivity index (χ3n) is 4.12. The lowest BCUT2D eigenvalue weighted by molar-refractivity contribution is 0.138. The highest BCUT2D eigenvalue weighted by Crippen LogP contribution is 2.45. The lowest BCUT2D eigenvalue weighted by atomic mass is 9.69. The van der Waals surface area contributed by atoms with Crippen molar-refractivity contribution in [2.45, 2.75) is 65.0 Å². The van der Waals surface area contributed by atoms with Crippen LogP contribution in [0.5, 0.6) is 0 Å². The fraction of sp³-hybridized carbons (Fsp3) is 0.800. The molecule has 2 atom stereocenters. The summed E-state index contributed by atoms with van der Waals surface area (Å²) in [4.78, 5) is 5.32. The van der Waals surface area contributed by atoms with Gasteiger partial charge in [0, 0.05) is 18.1 Å². The van der Waals surface area contributed by atoms with Gasteiger partial charge in [0.25, 0.3) is 0 Å². The average molecular weight is 265 g/mol. The summed E-state index contributed by atoms with van der Waals surface area (Å²) in [5.74, 6) is 0.561. The third kappa shape index (κ3) is 3.96. The molecule has 2 aliphatic rings. The zero-order chi connectivity index (χ0) is 14.1. The van der Waals surface area contributed by atoms with E-state index in [-0.39, 0.29) is 0 Å². The highest BCUT2D eigenvalue weighted by molar-refractivity contribution is 5.80. The van der Waals surface area contributed by atoms with E-state index in [9.17, 15) is 0 Å². The summed E-state index contributed by atoms with van der Waals surface area (Å²) in [6.45, 7) is 13.8. The standard InChI is InChI=1S/C15H27N3O/c1-6-11(2)18-19-12(3)17-13-7-14(4,5)9-15(8-13)10-16-15/h13,16-17H,3,6-10H2,1-2,4-5H3/b18-11-. The summed E-state index contributed by atoms with van der Waals surface area (Å²) in [5.41, 5.74) is 1.71. The molecular formula is C15H27N3O. The summed E-state index contributed by atoms with van der Waals surface area (Å²) in [5, 5.41) is 11.0. The van der Waals surface area contributed by atoms with Crippen LogP contribution in [0.25, 0.3) is 0 Å². The van der Waals surface area contributed by atoms with Crippen molar-refractivity contribution in [2.75, 3.05) is 6.54 Å². The van der Waals surface area contributed by atoms with Crippen molar-refractivity contribution >= 4 is 5.71 Å². The molecule has 0 aromatic heterocycles. The van der Waals surface area contributed by atoms with Crippen LogP contribution in [0.15, 0.2) is 17.6 Å². The quantitative estimate of drug-likeness (QED) is 0.348. The van der Waals surface area contributed by atoms with Crippen LogP contribution >= 0.6 is 0 Å². The van der Waals surface area contributed by atoms with Crippen molar-refractivity contribution in [3.63, 3.8) is 0 Å². The van der Waals surface area contributed by atoms with E-state index in [0.29, 0.717) is 22.9 Å². The van der Waals surface area contributed by atoms with Gasteiger partial charge in [-0.3, -0.25) is 0 Å². The van der Waals surface area contributed by atoms with E-state index >= 15 is 0 Å². The van der Waals surface area contributed by atoms with E-state index in [2.05, 4.69) is 43.1 Å². The number of nitrogens with zero attached hydrogens (tertiary/aromatic N) is 1. The molecule has 2 N–H and O–H groups in total. The topological polar surface area (TPSA) is 55.6 Å². The molecule has 0 bridgehead atoms. The second-order valence-electron chi connectivity index (χ2n) is 6.92. The van der Waals surface area contributed by atoms with Gasteiger partial charge in [0.05, 0.1) is 5.71 Å². The number of nitrogens with one attached hydrogen (secondary N) is 2. The van der Waals surface area contributed by atoms with Crippen molar-refractivity contribution in [2.24, 2.45) is 10.6 Å². The molecule has 2 fully saturated rings. The molecule has 1 spiro atoms. The zero-order valence-electron chi connectivity index (χ0n) is 12.7. The van der Waals surface area contributed by atoms with Crippen LogP contribution in [-0.2, 0) is 4.84 Å². The summed E-state index contributed by atoms with van der Waals surface area (Å²) < 4.78 is 0. The third-order valence-corrected chi connectivity index (χ3v) is 4.12. The van der Waals surface area contributed by atoms with Gasteiger partial charge >= 0.3 is 0 Å². The molecule has 108 valence electrons. The van der Waals surface area contributed by atoms with Gasteiger partial charge in [-0.1, -0.05) is 25.9 Å². The molecule has 1 aliphatic carbocycles. The van der Waals surface area contributed by atoms with Crippen LogP contribution in [0.2, 0.25) is 0 Å². The molecule has 0 aromatic rings. The van der Waals surface area contributed by atoms with Crippen molar-refractivity contribution in [3.8, 4) is 0 Å². The minimum atomic E-state index is 0.363. The molecule has 1 saturated heterocycles. The molecule has 0 amide bonds. The predicted octanol–water partition coefficient (Wildman–Crippen LogP) is 2.77. The molecule has 19 heavy (non-hydrogen) atoms. The molecule has 2 rings (SSSR count). The van der Waals surface area contributed by atoms with Crippen LogP contribution in [0.4, 0.5) is 0 Å². The van der Waals surface area contributed by atoms with E-state index in [0.717, 1.165) is 31.5 Å². The van der Waals surface area contributed by atoms with Gasteiger partial charge in [0.2, 0.25) is 5.88 Å². The number of hydrogen-bond acceptors (Lipinski definition) is 4. The second-order valence-corrected chi connectivity index (χ2v) is 6.92. The summed E-state index contributed by atoms with van der Waals surface area (Å²) >= 11 is 0. The summed E-state index contributed by atoms with van der Waals surface area (Å²) in [7, 11) is 0. The molecular weight excluding hydrogens is 238 g/mol. The van der Waals surface area contributed by atoms with E-state index in [4.69, 9.17) is 4.84 Å². The van der Waals surface area contributed by atoms with E-state index in [1.54, 1.807) is 0 Å². The van der Waals surface area contributed by atoms with Gasteiger partial charge in [0.15, 0.2) is 0 Å². The lowest BCUT2D eigenvalue weighted by Crippen LogP contribution is -2.45. The van der Waals surface area contributed by atoms with Gasteiger partial charge in [0.1, 0.15) is 0 Å². The fourth-order valence-electron chi connectivity index (χ4n) is 3.22. The van der Waals surface area contributed by atoms with E-state index in [1.807, 2.05) is 6.92 Å². The first kappa shape index (κ1) is 14.4. The Morgan fingerprint density at radius 2 is 2.16 bits per heavy atom. The Morgan fingerprint density at radius 1 is 1.47 bits per heavy atom. The molecule has 0 radical (unpaired) electrons. The summed E-state index contributed by atoms with van der Waals surface area (Å²) in [6.07, 6.45) is 4.46. The maximum Gasteiger partial charge on any atom is 0.215 e. The number of oxime groups is 1. The van der Waals surface area contributed by atoms with Crippen LogP contribution < -0.4 is 10.6 Å². The molecule has 4 heteroatoms. The van der Waals surface area contributed by atoms with E-state index < -0.39 is 0 Å². The van der Waals surface area contributed by atoms with E-state index in [1.165, 1.54) is 6.42 Å². The highest BCUT2D eigenvalue weighted by Gasteiger charge is 2.51. The van der Waals surface area contributed by atoms with Crippen LogP contribution in [0.1, 0.15) is 53.4 Å². The van der Waals surface area contributed by atoms with Gasteiger partial charge in [-0.25, -0.2) is 0 Å². The Kier molecular flexibility index (Phi) is 3.90. The maximum atomic E-state index is 5.32. The molecule has 2 unspecified atom stereocenters. The fourth-order valence-corrected chi connectivity index (χ4v) is 3.22. The Labute approximate surface area is 116 Å². The predicted molar refractivity (Wildman–Crippen MR) is 78.9 cm³/mol. The SMILES string of the molecule is C=C(NC1CC(C)(C)CC2(CN2)C1)O/N=C(/C)CC. The smallest absolute Gasteiger partial charge is 0.215 e. The first-order valence-electron chi connectivity index (χ1n) is 7.25. The van der Waals surface area contributed by atoms with Crippen molar-refractivity contribution in [1.82, 2.24) is 10.6 Å². The minimum absolute atomic E-state index is 0.363. The molecule has 0 aromatic carbocycles. The monoisotopic (exact) mass is 265 g/mol. The number of rotatable bonds is 5. The molecule has 4 nitrogen and oxygen atoms in total. The molecule has 1 saturated carbocycles. The Hall–Kier alpha value is -1.03. The molecule has 1 heterocycles. The van der Waals surface area contributed by atoms with Gasteiger partial charge in [-0.15, -0.1) is 0 Å². The Bertz CT molecular complexity index is 377. The van der Waals surface area contributed by atoms with Gasteiger partial charge < -0.3 is 15.5 Å². The number of hydrogen-bond donors (Lipinski definition) is 2. The summed E-state index contributed by atoms with van der Waals surface area (Å²) in [6, 6.07) is 0.420. The van der Waals surface area contributed by atoms with Crippen molar-refractivity contribution in [1.29, 1.82) is 0 Å². The largest absolute Gasteiger partial charge is 0.352 e. The Balaban J connectivity index is 1.86. The van der Waals surface area contributed by atoms with Gasteiger partial charge in [-0.05, 0) is 44.6 Å². The Morgan fingerprint density at radius 3 is 2.74 bits per heavy atom. The maximum absolute atomic E-state index is 5.32. The van der Waals surface area contributed by atoms with Crippen molar-refractivity contribution < 1.29 is 4.84 Å². The van der Waals surface area contributed by atoms with Crippen LogP contribution in [0, 0.1) is 5.41 Å². The average Bonchev–Trinajstić information content (AvgIpc) is 3.02. The van der Waals surface area contributed by atoms with Crippen molar-refractivity contribution in [3.05, 3.63) is 12.5 Å².